The Morgan fingerprint density at radius 1 is 1.11 bits per heavy atom. The van der Waals surface area contributed by atoms with E-state index in [4.69, 9.17) is 4.42 Å². The van der Waals surface area contributed by atoms with Gasteiger partial charge in [0.2, 0.25) is 0 Å². The summed E-state index contributed by atoms with van der Waals surface area (Å²) in [5, 5.41) is 0. The maximum Gasteiger partial charge on any atom is 0.341 e. The minimum atomic E-state index is -0.328. The Kier molecular flexibility index (Phi) is 8.03. The van der Waals surface area contributed by atoms with E-state index >= 15 is 0 Å². The SMILES string of the molecule is CCCCCCCCCCc1cc(C(=O)OC)co1. The first-order chi connectivity index (χ1) is 9.27. The Morgan fingerprint density at radius 2 is 1.74 bits per heavy atom. The quantitative estimate of drug-likeness (QED) is 0.453. The number of ether oxygens (including phenoxy) is 1. The lowest BCUT2D eigenvalue weighted by molar-refractivity contribution is 0.0600. The van der Waals surface area contributed by atoms with Gasteiger partial charge in [-0.2, -0.15) is 0 Å². The number of unbranched alkanes of at least 4 members (excludes halogenated alkanes) is 7. The number of methoxy groups -OCH3 is 1. The highest BCUT2D eigenvalue weighted by molar-refractivity contribution is 5.88. The van der Waals surface area contributed by atoms with E-state index in [1.165, 1.54) is 58.3 Å². The van der Waals surface area contributed by atoms with Crippen LogP contribution in [0.4, 0.5) is 0 Å². The fourth-order valence-corrected chi connectivity index (χ4v) is 2.17. The molecule has 0 spiro atoms. The number of rotatable bonds is 10. The van der Waals surface area contributed by atoms with Gasteiger partial charge in [0.25, 0.3) is 0 Å². The van der Waals surface area contributed by atoms with E-state index in [2.05, 4.69) is 11.7 Å². The number of aryl methyl sites for hydroxylation is 1. The van der Waals surface area contributed by atoms with Gasteiger partial charge >= 0.3 is 5.97 Å². The fourth-order valence-electron chi connectivity index (χ4n) is 2.17. The van der Waals surface area contributed by atoms with Crippen molar-refractivity contribution in [3.8, 4) is 0 Å². The van der Waals surface area contributed by atoms with Crippen molar-refractivity contribution in [1.29, 1.82) is 0 Å². The molecule has 3 nitrogen and oxygen atoms in total. The number of hydrogen-bond acceptors (Lipinski definition) is 3. The molecule has 1 heterocycles. The first-order valence-electron chi connectivity index (χ1n) is 7.43. The number of carbonyl (C=O) groups is 1. The maximum absolute atomic E-state index is 11.2. The van der Waals surface area contributed by atoms with E-state index < -0.39 is 0 Å². The van der Waals surface area contributed by atoms with Gasteiger partial charge in [-0.3, -0.25) is 0 Å². The van der Waals surface area contributed by atoms with Gasteiger partial charge in [0, 0.05) is 6.42 Å². The van der Waals surface area contributed by atoms with Crippen molar-refractivity contribution < 1.29 is 13.9 Å². The van der Waals surface area contributed by atoms with Crippen LogP contribution in [0, 0.1) is 0 Å². The van der Waals surface area contributed by atoms with E-state index in [0.29, 0.717) is 5.56 Å². The third-order valence-electron chi connectivity index (χ3n) is 3.35. The molecule has 108 valence electrons. The van der Waals surface area contributed by atoms with Gasteiger partial charge in [0.05, 0.1) is 12.7 Å². The molecule has 0 aliphatic carbocycles. The molecule has 0 saturated heterocycles. The summed E-state index contributed by atoms with van der Waals surface area (Å²) in [6, 6.07) is 1.78. The molecular formula is C16H26O3. The van der Waals surface area contributed by atoms with Crippen LogP contribution in [0.25, 0.3) is 0 Å². The predicted octanol–water partition coefficient (Wildman–Crippen LogP) is 4.75. The minimum Gasteiger partial charge on any atom is -0.468 e. The van der Waals surface area contributed by atoms with Crippen LogP contribution in [0.3, 0.4) is 0 Å². The average molecular weight is 266 g/mol. The number of hydrogen-bond donors (Lipinski definition) is 0. The molecule has 0 aliphatic heterocycles. The molecule has 1 rings (SSSR count). The predicted molar refractivity (Wildman–Crippen MR) is 76.4 cm³/mol. The molecule has 0 bridgehead atoms. The lowest BCUT2D eigenvalue weighted by Gasteiger charge is -2.00. The number of esters is 1. The highest BCUT2D eigenvalue weighted by Crippen LogP contribution is 2.14. The summed E-state index contributed by atoms with van der Waals surface area (Å²) in [6.45, 7) is 2.24. The van der Waals surface area contributed by atoms with Crippen molar-refractivity contribution in [3.63, 3.8) is 0 Å². The van der Waals surface area contributed by atoms with Crippen LogP contribution in [-0.2, 0) is 11.2 Å². The molecule has 3 heteroatoms. The summed E-state index contributed by atoms with van der Waals surface area (Å²) < 4.78 is 9.99. The molecule has 0 fully saturated rings. The normalized spacial score (nSPS) is 10.6. The highest BCUT2D eigenvalue weighted by Gasteiger charge is 2.09. The van der Waals surface area contributed by atoms with Crippen molar-refractivity contribution in [2.45, 2.75) is 64.7 Å². The van der Waals surface area contributed by atoms with E-state index in [0.717, 1.165) is 18.6 Å². The Labute approximate surface area is 116 Å². The molecule has 0 aliphatic rings. The minimum absolute atomic E-state index is 0.328. The second kappa shape index (κ2) is 9.65. The lowest BCUT2D eigenvalue weighted by Crippen LogP contribution is -1.98. The third-order valence-corrected chi connectivity index (χ3v) is 3.35. The zero-order chi connectivity index (χ0) is 13.9. The lowest BCUT2D eigenvalue weighted by atomic mass is 10.1. The molecule has 0 aromatic carbocycles. The first kappa shape index (κ1) is 15.8. The van der Waals surface area contributed by atoms with Crippen LogP contribution in [0.1, 0.15) is 74.4 Å². The van der Waals surface area contributed by atoms with Gasteiger partial charge < -0.3 is 9.15 Å². The summed E-state index contributed by atoms with van der Waals surface area (Å²) in [7, 11) is 1.38. The third kappa shape index (κ3) is 6.46. The molecular weight excluding hydrogens is 240 g/mol. The Bertz CT molecular complexity index is 355. The van der Waals surface area contributed by atoms with Crippen LogP contribution < -0.4 is 0 Å². The highest BCUT2D eigenvalue weighted by atomic mass is 16.5. The topological polar surface area (TPSA) is 39.4 Å². The van der Waals surface area contributed by atoms with Gasteiger partial charge in [0.1, 0.15) is 12.0 Å². The molecule has 0 radical (unpaired) electrons. The number of carbonyl (C=O) groups excluding carboxylic acids is 1. The summed E-state index contributed by atoms with van der Waals surface area (Å²) in [5.74, 6) is 0.553. The van der Waals surface area contributed by atoms with E-state index in [9.17, 15) is 4.79 Å². The van der Waals surface area contributed by atoms with Gasteiger partial charge in [-0.1, -0.05) is 51.9 Å². The second-order valence-electron chi connectivity index (χ2n) is 5.02. The second-order valence-corrected chi connectivity index (χ2v) is 5.02. The van der Waals surface area contributed by atoms with Crippen LogP contribution in [0.5, 0.6) is 0 Å². The number of furan rings is 1. The molecule has 0 atom stereocenters. The largest absolute Gasteiger partial charge is 0.468 e. The summed E-state index contributed by atoms with van der Waals surface area (Å²) in [6.07, 6.45) is 12.8. The molecule has 0 amide bonds. The fraction of sp³-hybridized carbons (Fsp3) is 0.688. The van der Waals surface area contributed by atoms with Crippen LogP contribution in [-0.4, -0.2) is 13.1 Å². The van der Waals surface area contributed by atoms with Crippen LogP contribution in [0.2, 0.25) is 0 Å². The Hall–Kier alpha value is -1.25. The van der Waals surface area contributed by atoms with Gasteiger partial charge in [-0.05, 0) is 12.5 Å². The van der Waals surface area contributed by atoms with E-state index in [1.807, 2.05) is 0 Å². The van der Waals surface area contributed by atoms with E-state index in [-0.39, 0.29) is 5.97 Å². The van der Waals surface area contributed by atoms with Gasteiger partial charge in [-0.15, -0.1) is 0 Å². The van der Waals surface area contributed by atoms with Crippen molar-refractivity contribution in [1.82, 2.24) is 0 Å². The molecule has 0 unspecified atom stereocenters. The van der Waals surface area contributed by atoms with Crippen LogP contribution >= 0.6 is 0 Å². The van der Waals surface area contributed by atoms with Crippen molar-refractivity contribution in [2.75, 3.05) is 7.11 Å². The van der Waals surface area contributed by atoms with Crippen molar-refractivity contribution in [2.24, 2.45) is 0 Å². The molecule has 0 saturated carbocycles. The monoisotopic (exact) mass is 266 g/mol. The maximum atomic E-state index is 11.2. The van der Waals surface area contributed by atoms with Gasteiger partial charge in [-0.25, -0.2) is 4.79 Å². The van der Waals surface area contributed by atoms with Crippen molar-refractivity contribution in [3.05, 3.63) is 23.7 Å². The Morgan fingerprint density at radius 3 is 2.37 bits per heavy atom. The zero-order valence-corrected chi connectivity index (χ0v) is 12.2. The van der Waals surface area contributed by atoms with Crippen molar-refractivity contribution >= 4 is 5.97 Å². The molecule has 1 aromatic heterocycles. The standard InChI is InChI=1S/C16H26O3/c1-3-4-5-6-7-8-9-10-11-15-12-14(13-19-15)16(17)18-2/h12-13H,3-11H2,1-2H3. The molecule has 19 heavy (non-hydrogen) atoms. The zero-order valence-electron chi connectivity index (χ0n) is 12.2. The molecule has 1 aromatic rings. The smallest absolute Gasteiger partial charge is 0.341 e. The van der Waals surface area contributed by atoms with Gasteiger partial charge in [0.15, 0.2) is 0 Å². The molecule has 0 N–H and O–H groups in total. The van der Waals surface area contributed by atoms with E-state index in [1.54, 1.807) is 6.07 Å². The summed E-state index contributed by atoms with van der Waals surface area (Å²) in [4.78, 5) is 11.2. The Balaban J connectivity index is 2.06. The summed E-state index contributed by atoms with van der Waals surface area (Å²) in [5.41, 5.74) is 0.511. The average Bonchev–Trinajstić information content (AvgIpc) is 2.89. The van der Waals surface area contributed by atoms with Crippen LogP contribution in [0.15, 0.2) is 16.7 Å². The first-order valence-corrected chi connectivity index (χ1v) is 7.43. The summed E-state index contributed by atoms with van der Waals surface area (Å²) >= 11 is 0.